The SMILES string of the molecule is COCCOc1ccc2ccc(-c3ccc(C)cc3)cc2c1. The molecule has 3 aromatic carbocycles. The smallest absolute Gasteiger partial charge is 0.120 e. The van der Waals surface area contributed by atoms with E-state index in [2.05, 4.69) is 61.5 Å². The average molecular weight is 292 g/mol. The second-order valence-electron chi connectivity index (χ2n) is 5.43. The van der Waals surface area contributed by atoms with E-state index in [0.29, 0.717) is 13.2 Å². The lowest BCUT2D eigenvalue weighted by Gasteiger charge is -2.08. The minimum Gasteiger partial charge on any atom is -0.491 e. The Kier molecular flexibility index (Phi) is 4.40. The van der Waals surface area contributed by atoms with Gasteiger partial charge in [0, 0.05) is 7.11 Å². The first-order chi connectivity index (χ1) is 10.8. The lowest BCUT2D eigenvalue weighted by atomic mass is 10.0. The fourth-order valence-corrected chi connectivity index (χ4v) is 2.48. The summed E-state index contributed by atoms with van der Waals surface area (Å²) in [7, 11) is 1.68. The van der Waals surface area contributed by atoms with Crippen molar-refractivity contribution in [1.29, 1.82) is 0 Å². The summed E-state index contributed by atoms with van der Waals surface area (Å²) in [5.74, 6) is 0.880. The molecule has 0 fully saturated rings. The zero-order chi connectivity index (χ0) is 15.4. The summed E-state index contributed by atoms with van der Waals surface area (Å²) >= 11 is 0. The van der Waals surface area contributed by atoms with Crippen molar-refractivity contribution in [2.75, 3.05) is 20.3 Å². The van der Waals surface area contributed by atoms with Crippen molar-refractivity contribution in [3.8, 4) is 16.9 Å². The third-order valence-corrected chi connectivity index (χ3v) is 3.75. The van der Waals surface area contributed by atoms with Crippen molar-refractivity contribution in [3.63, 3.8) is 0 Å². The van der Waals surface area contributed by atoms with Gasteiger partial charge in [0.1, 0.15) is 12.4 Å². The number of rotatable bonds is 5. The molecule has 0 unspecified atom stereocenters. The summed E-state index contributed by atoms with van der Waals surface area (Å²) < 4.78 is 10.7. The van der Waals surface area contributed by atoms with Crippen molar-refractivity contribution in [1.82, 2.24) is 0 Å². The van der Waals surface area contributed by atoms with Crippen molar-refractivity contribution in [2.45, 2.75) is 6.92 Å². The Labute approximate surface area is 131 Å². The highest BCUT2D eigenvalue weighted by molar-refractivity contribution is 5.88. The topological polar surface area (TPSA) is 18.5 Å². The van der Waals surface area contributed by atoms with Crippen LogP contribution in [0.25, 0.3) is 21.9 Å². The highest BCUT2D eigenvalue weighted by Crippen LogP contribution is 2.27. The number of ether oxygens (including phenoxy) is 2. The van der Waals surface area contributed by atoms with E-state index in [1.54, 1.807) is 7.11 Å². The van der Waals surface area contributed by atoms with Gasteiger partial charge in [0.05, 0.1) is 6.61 Å². The van der Waals surface area contributed by atoms with E-state index >= 15 is 0 Å². The first-order valence-corrected chi connectivity index (χ1v) is 7.49. The van der Waals surface area contributed by atoms with Crippen LogP contribution < -0.4 is 4.74 Å². The summed E-state index contributed by atoms with van der Waals surface area (Å²) in [6.07, 6.45) is 0. The van der Waals surface area contributed by atoms with Crippen LogP contribution in [0.2, 0.25) is 0 Å². The predicted octanol–water partition coefficient (Wildman–Crippen LogP) is 4.84. The van der Waals surface area contributed by atoms with Gasteiger partial charge in [0.2, 0.25) is 0 Å². The first kappa shape index (κ1) is 14.6. The highest BCUT2D eigenvalue weighted by Gasteiger charge is 2.02. The van der Waals surface area contributed by atoms with Gasteiger partial charge in [-0.05, 0) is 47.0 Å². The van der Waals surface area contributed by atoms with Gasteiger partial charge in [-0.2, -0.15) is 0 Å². The molecule has 0 saturated heterocycles. The molecule has 2 heteroatoms. The van der Waals surface area contributed by atoms with Crippen LogP contribution in [0.4, 0.5) is 0 Å². The molecule has 0 bridgehead atoms. The summed E-state index contributed by atoms with van der Waals surface area (Å²) in [4.78, 5) is 0. The van der Waals surface area contributed by atoms with Gasteiger partial charge >= 0.3 is 0 Å². The Morgan fingerprint density at radius 3 is 2.23 bits per heavy atom. The maximum atomic E-state index is 5.69. The quantitative estimate of drug-likeness (QED) is 0.626. The maximum Gasteiger partial charge on any atom is 0.120 e. The molecule has 2 nitrogen and oxygen atoms in total. The highest BCUT2D eigenvalue weighted by atomic mass is 16.5. The van der Waals surface area contributed by atoms with Crippen LogP contribution in [0, 0.1) is 6.92 Å². The Morgan fingerprint density at radius 1 is 0.727 bits per heavy atom. The van der Waals surface area contributed by atoms with E-state index in [-0.39, 0.29) is 0 Å². The third kappa shape index (κ3) is 3.29. The maximum absolute atomic E-state index is 5.69. The van der Waals surface area contributed by atoms with Gasteiger partial charge in [-0.3, -0.25) is 0 Å². The molecule has 3 rings (SSSR count). The standard InChI is InChI=1S/C20H20O2/c1-15-3-5-16(6-4-15)18-8-7-17-9-10-20(14-19(17)13-18)22-12-11-21-2/h3-10,13-14H,11-12H2,1-2H3. The fraction of sp³-hybridized carbons (Fsp3) is 0.200. The molecule has 0 atom stereocenters. The molecule has 22 heavy (non-hydrogen) atoms. The van der Waals surface area contributed by atoms with Crippen LogP contribution in [0.15, 0.2) is 60.7 Å². The first-order valence-electron chi connectivity index (χ1n) is 7.49. The minimum absolute atomic E-state index is 0.569. The zero-order valence-electron chi connectivity index (χ0n) is 13.0. The molecule has 0 aromatic heterocycles. The number of fused-ring (bicyclic) bond motifs is 1. The van der Waals surface area contributed by atoms with Crippen molar-refractivity contribution in [3.05, 3.63) is 66.2 Å². The molecule has 0 aliphatic heterocycles. The van der Waals surface area contributed by atoms with E-state index in [0.717, 1.165) is 5.75 Å². The fourth-order valence-electron chi connectivity index (χ4n) is 2.48. The Bertz CT molecular complexity index is 760. The molecule has 0 heterocycles. The van der Waals surface area contributed by atoms with Crippen LogP contribution in [0.1, 0.15) is 5.56 Å². The summed E-state index contributed by atoms with van der Waals surface area (Å²) in [5, 5.41) is 2.41. The van der Waals surface area contributed by atoms with E-state index in [1.807, 2.05) is 6.07 Å². The number of aryl methyl sites for hydroxylation is 1. The van der Waals surface area contributed by atoms with E-state index in [4.69, 9.17) is 9.47 Å². The number of hydrogen-bond donors (Lipinski definition) is 0. The van der Waals surface area contributed by atoms with Gasteiger partial charge in [-0.25, -0.2) is 0 Å². The molecule has 0 aliphatic carbocycles. The van der Waals surface area contributed by atoms with Crippen LogP contribution in [0.3, 0.4) is 0 Å². The molecular formula is C20H20O2. The van der Waals surface area contributed by atoms with Gasteiger partial charge in [-0.1, -0.05) is 48.0 Å². The van der Waals surface area contributed by atoms with Crippen LogP contribution in [-0.4, -0.2) is 20.3 Å². The molecule has 112 valence electrons. The van der Waals surface area contributed by atoms with Crippen molar-refractivity contribution < 1.29 is 9.47 Å². The van der Waals surface area contributed by atoms with Crippen LogP contribution in [0.5, 0.6) is 5.75 Å². The van der Waals surface area contributed by atoms with Crippen LogP contribution >= 0.6 is 0 Å². The number of methoxy groups -OCH3 is 1. The van der Waals surface area contributed by atoms with E-state index in [9.17, 15) is 0 Å². The van der Waals surface area contributed by atoms with Gasteiger partial charge in [0.15, 0.2) is 0 Å². The Balaban J connectivity index is 1.91. The molecule has 3 aromatic rings. The van der Waals surface area contributed by atoms with Gasteiger partial charge in [0.25, 0.3) is 0 Å². The van der Waals surface area contributed by atoms with Crippen molar-refractivity contribution >= 4 is 10.8 Å². The predicted molar refractivity (Wildman–Crippen MR) is 91.5 cm³/mol. The van der Waals surface area contributed by atoms with Crippen molar-refractivity contribution in [2.24, 2.45) is 0 Å². The minimum atomic E-state index is 0.569. The molecule has 0 aliphatic rings. The normalized spacial score (nSPS) is 10.8. The third-order valence-electron chi connectivity index (χ3n) is 3.75. The van der Waals surface area contributed by atoms with Crippen LogP contribution in [-0.2, 0) is 4.74 Å². The second-order valence-corrected chi connectivity index (χ2v) is 5.43. The Morgan fingerprint density at radius 2 is 1.45 bits per heavy atom. The molecule has 0 N–H and O–H groups in total. The molecule has 0 amide bonds. The zero-order valence-corrected chi connectivity index (χ0v) is 13.0. The Hall–Kier alpha value is -2.32. The lowest BCUT2D eigenvalue weighted by Crippen LogP contribution is -2.03. The summed E-state index contributed by atoms with van der Waals surface area (Å²) in [6.45, 7) is 3.27. The van der Waals surface area contributed by atoms with E-state index < -0.39 is 0 Å². The monoisotopic (exact) mass is 292 g/mol. The largest absolute Gasteiger partial charge is 0.491 e. The summed E-state index contributed by atoms with van der Waals surface area (Å²) in [6, 6.07) is 21.3. The molecule has 0 radical (unpaired) electrons. The number of benzene rings is 3. The van der Waals surface area contributed by atoms with Gasteiger partial charge < -0.3 is 9.47 Å². The average Bonchev–Trinajstić information content (AvgIpc) is 2.55. The van der Waals surface area contributed by atoms with E-state index in [1.165, 1.54) is 27.5 Å². The second kappa shape index (κ2) is 6.63. The van der Waals surface area contributed by atoms with Gasteiger partial charge in [-0.15, -0.1) is 0 Å². The molecule has 0 saturated carbocycles. The number of hydrogen-bond acceptors (Lipinski definition) is 2. The molecular weight excluding hydrogens is 272 g/mol. The lowest BCUT2D eigenvalue weighted by molar-refractivity contribution is 0.146. The molecule has 0 spiro atoms. The summed E-state index contributed by atoms with van der Waals surface area (Å²) in [5.41, 5.74) is 3.73.